The third-order valence-electron chi connectivity index (χ3n) is 12.0. The molecule has 0 unspecified atom stereocenters. The SMILES string of the molecule is c1ccc(-c2nc(-c3ccc(-c4ccc(-c5c6ccccc6cc6c5ccc5ccccc56)cc4)cc3)nc(-c3cccc4c3c3ccccc3n4-c3ccccc3)n2)cc1. The molecule has 2 aromatic heterocycles. The first-order valence-electron chi connectivity index (χ1n) is 20.7. The third-order valence-corrected chi connectivity index (χ3v) is 12.0. The summed E-state index contributed by atoms with van der Waals surface area (Å²) in [6, 6.07) is 77.6. The maximum atomic E-state index is 5.22. The van der Waals surface area contributed by atoms with Crippen molar-refractivity contribution in [3.63, 3.8) is 0 Å². The number of nitrogens with zero attached hydrogens (tertiary/aromatic N) is 4. The second-order valence-corrected chi connectivity index (χ2v) is 15.6. The van der Waals surface area contributed by atoms with E-state index in [0.29, 0.717) is 17.5 Å². The molecule has 0 aliphatic rings. The Labute approximate surface area is 352 Å². The summed E-state index contributed by atoms with van der Waals surface area (Å²) >= 11 is 0. The van der Waals surface area contributed by atoms with E-state index in [9.17, 15) is 0 Å². The predicted octanol–water partition coefficient (Wildman–Crippen LogP) is 14.8. The van der Waals surface area contributed by atoms with Crippen molar-refractivity contribution in [2.75, 3.05) is 0 Å². The molecule has 0 radical (unpaired) electrons. The van der Waals surface area contributed by atoms with Gasteiger partial charge >= 0.3 is 0 Å². The maximum absolute atomic E-state index is 5.22. The summed E-state index contributed by atoms with van der Waals surface area (Å²) < 4.78 is 2.33. The molecule has 0 saturated carbocycles. The lowest BCUT2D eigenvalue weighted by atomic mass is 9.89. The Balaban J connectivity index is 0.950. The first-order chi connectivity index (χ1) is 30.2. The molecule has 12 rings (SSSR count). The fourth-order valence-electron chi connectivity index (χ4n) is 9.18. The van der Waals surface area contributed by atoms with Crippen LogP contribution in [0.5, 0.6) is 0 Å². The number of para-hydroxylation sites is 2. The Hall–Kier alpha value is -8.21. The van der Waals surface area contributed by atoms with Crippen LogP contribution in [0.1, 0.15) is 0 Å². The van der Waals surface area contributed by atoms with E-state index in [1.165, 1.54) is 43.4 Å². The van der Waals surface area contributed by atoms with Crippen LogP contribution in [-0.4, -0.2) is 19.5 Å². The van der Waals surface area contributed by atoms with Gasteiger partial charge in [0, 0.05) is 33.2 Å². The van der Waals surface area contributed by atoms with Crippen molar-refractivity contribution in [1.29, 1.82) is 0 Å². The van der Waals surface area contributed by atoms with Crippen LogP contribution in [0.25, 0.3) is 116 Å². The van der Waals surface area contributed by atoms with Gasteiger partial charge in [-0.05, 0) is 84.9 Å². The molecule has 12 aromatic rings. The normalized spacial score (nSPS) is 11.6. The molecule has 284 valence electrons. The van der Waals surface area contributed by atoms with Gasteiger partial charge in [0.05, 0.1) is 11.0 Å². The average Bonchev–Trinajstić information content (AvgIpc) is 3.68. The van der Waals surface area contributed by atoms with Crippen molar-refractivity contribution in [3.8, 4) is 62.1 Å². The van der Waals surface area contributed by atoms with E-state index in [0.717, 1.165) is 55.3 Å². The largest absolute Gasteiger partial charge is 0.309 e. The molecule has 0 amide bonds. The molecule has 2 heterocycles. The van der Waals surface area contributed by atoms with Gasteiger partial charge in [0.25, 0.3) is 0 Å². The molecule has 0 spiro atoms. The maximum Gasteiger partial charge on any atom is 0.164 e. The quantitative estimate of drug-likeness (QED) is 0.125. The van der Waals surface area contributed by atoms with Gasteiger partial charge in [0.1, 0.15) is 0 Å². The van der Waals surface area contributed by atoms with Crippen molar-refractivity contribution in [1.82, 2.24) is 19.5 Å². The molecule has 4 heteroatoms. The molecule has 61 heavy (non-hydrogen) atoms. The fourth-order valence-corrected chi connectivity index (χ4v) is 9.18. The number of rotatable bonds is 6. The highest BCUT2D eigenvalue weighted by atomic mass is 15.0. The van der Waals surface area contributed by atoms with Gasteiger partial charge in [-0.25, -0.2) is 15.0 Å². The minimum Gasteiger partial charge on any atom is -0.309 e. The second kappa shape index (κ2) is 14.3. The van der Waals surface area contributed by atoms with Crippen LogP contribution in [0, 0.1) is 0 Å². The van der Waals surface area contributed by atoms with Crippen LogP contribution in [0.15, 0.2) is 218 Å². The molecule has 10 aromatic carbocycles. The molecule has 4 nitrogen and oxygen atoms in total. The van der Waals surface area contributed by atoms with Gasteiger partial charge in [0.15, 0.2) is 17.5 Å². The van der Waals surface area contributed by atoms with E-state index < -0.39 is 0 Å². The van der Waals surface area contributed by atoms with E-state index in [-0.39, 0.29) is 0 Å². The summed E-state index contributed by atoms with van der Waals surface area (Å²) in [5.41, 5.74) is 10.9. The van der Waals surface area contributed by atoms with Crippen LogP contribution < -0.4 is 0 Å². The Morgan fingerprint density at radius 2 is 0.836 bits per heavy atom. The minimum absolute atomic E-state index is 0.630. The summed E-state index contributed by atoms with van der Waals surface area (Å²) in [4.78, 5) is 15.5. The first kappa shape index (κ1) is 34.8. The summed E-state index contributed by atoms with van der Waals surface area (Å²) in [5, 5.41) is 9.83. The second-order valence-electron chi connectivity index (χ2n) is 15.6. The Bertz CT molecular complexity index is 3610. The fraction of sp³-hybridized carbons (Fsp3) is 0. The van der Waals surface area contributed by atoms with Crippen molar-refractivity contribution in [2.45, 2.75) is 0 Å². The topological polar surface area (TPSA) is 43.6 Å². The van der Waals surface area contributed by atoms with Crippen LogP contribution in [-0.2, 0) is 0 Å². The van der Waals surface area contributed by atoms with Crippen LogP contribution in [0.3, 0.4) is 0 Å². The smallest absolute Gasteiger partial charge is 0.164 e. The molecule has 0 N–H and O–H groups in total. The molecule has 0 saturated heterocycles. The molecular weight excluding hydrogens is 741 g/mol. The average molecular weight is 777 g/mol. The summed E-state index contributed by atoms with van der Waals surface area (Å²) in [5.74, 6) is 1.90. The Morgan fingerprint density at radius 1 is 0.295 bits per heavy atom. The molecule has 0 fully saturated rings. The van der Waals surface area contributed by atoms with Crippen LogP contribution in [0.4, 0.5) is 0 Å². The number of benzene rings is 10. The highest BCUT2D eigenvalue weighted by Crippen LogP contribution is 2.41. The van der Waals surface area contributed by atoms with Gasteiger partial charge < -0.3 is 4.57 Å². The zero-order chi connectivity index (χ0) is 40.3. The monoisotopic (exact) mass is 776 g/mol. The van der Waals surface area contributed by atoms with E-state index in [4.69, 9.17) is 15.0 Å². The van der Waals surface area contributed by atoms with Crippen molar-refractivity contribution >= 4 is 54.1 Å². The lowest BCUT2D eigenvalue weighted by Crippen LogP contribution is -2.00. The minimum atomic E-state index is 0.630. The van der Waals surface area contributed by atoms with Crippen LogP contribution >= 0.6 is 0 Å². The van der Waals surface area contributed by atoms with Crippen molar-refractivity contribution < 1.29 is 0 Å². The zero-order valence-corrected chi connectivity index (χ0v) is 33.1. The van der Waals surface area contributed by atoms with Gasteiger partial charge in [-0.15, -0.1) is 0 Å². The number of hydrogen-bond acceptors (Lipinski definition) is 3. The van der Waals surface area contributed by atoms with E-state index in [1.807, 2.05) is 18.2 Å². The molecule has 0 aliphatic heterocycles. The molecular formula is C57H36N4. The van der Waals surface area contributed by atoms with E-state index in [2.05, 4.69) is 205 Å². The lowest BCUT2D eigenvalue weighted by Gasteiger charge is -2.14. The third kappa shape index (κ3) is 5.88. The number of hydrogen-bond donors (Lipinski definition) is 0. The summed E-state index contributed by atoms with van der Waals surface area (Å²) in [6.07, 6.45) is 0. The molecule has 0 aliphatic carbocycles. The zero-order valence-electron chi connectivity index (χ0n) is 33.1. The number of aromatic nitrogens is 4. The van der Waals surface area contributed by atoms with E-state index >= 15 is 0 Å². The standard InChI is InChI=1S/C57H36N4/c1-3-15-41(16-4-1)55-58-56(60-57(59-55)49-23-13-25-52-54(49)48-22-11-12-24-51(48)61(52)44-18-5-2-6-19-44)42-32-28-38(29-33-42)37-26-30-40(31-27-37)53-46-21-10-8-17-43(46)36-50-45-20-9-7-14-39(45)34-35-47(50)53/h1-36H. The lowest BCUT2D eigenvalue weighted by molar-refractivity contribution is 1.08. The van der Waals surface area contributed by atoms with Gasteiger partial charge in [-0.2, -0.15) is 0 Å². The van der Waals surface area contributed by atoms with Crippen LogP contribution in [0.2, 0.25) is 0 Å². The highest BCUT2D eigenvalue weighted by molar-refractivity contribution is 6.20. The van der Waals surface area contributed by atoms with E-state index in [1.54, 1.807) is 0 Å². The Kier molecular flexibility index (Phi) is 8.13. The van der Waals surface area contributed by atoms with Gasteiger partial charge in [-0.3, -0.25) is 0 Å². The first-order valence-corrected chi connectivity index (χ1v) is 20.7. The predicted molar refractivity (Wildman–Crippen MR) is 254 cm³/mol. The molecule has 0 atom stereocenters. The highest BCUT2D eigenvalue weighted by Gasteiger charge is 2.20. The summed E-state index contributed by atoms with van der Waals surface area (Å²) in [6.45, 7) is 0. The van der Waals surface area contributed by atoms with Crippen molar-refractivity contribution in [2.24, 2.45) is 0 Å². The number of fused-ring (bicyclic) bond motifs is 7. The van der Waals surface area contributed by atoms with Crippen molar-refractivity contribution in [3.05, 3.63) is 218 Å². The van der Waals surface area contributed by atoms with Gasteiger partial charge in [0.2, 0.25) is 0 Å². The Morgan fingerprint density at radius 3 is 1.57 bits per heavy atom. The summed E-state index contributed by atoms with van der Waals surface area (Å²) in [7, 11) is 0. The van der Waals surface area contributed by atoms with Gasteiger partial charge in [-0.1, -0.05) is 188 Å². The molecule has 0 bridgehead atoms.